The molecular weight excluding hydrogens is 264 g/mol. The molecule has 3 N–H and O–H groups in total. The third-order valence-electron chi connectivity index (χ3n) is 3.87. The number of carbonyl (C=O) groups excluding carboxylic acids is 2. The fourth-order valence-electron chi connectivity index (χ4n) is 2.62. The zero-order valence-corrected chi connectivity index (χ0v) is 11.5. The highest BCUT2D eigenvalue weighted by Gasteiger charge is 2.38. The molecule has 2 fully saturated rings. The number of nitrogens with one attached hydrogen (secondary N) is 2. The van der Waals surface area contributed by atoms with Crippen LogP contribution in [-0.2, 0) is 9.59 Å². The van der Waals surface area contributed by atoms with E-state index in [0.29, 0.717) is 0 Å². The topological polar surface area (TPSA) is 102 Å². The van der Waals surface area contributed by atoms with E-state index in [1.54, 1.807) is 11.9 Å². The molecule has 0 bridgehead atoms. The van der Waals surface area contributed by atoms with E-state index in [1.807, 2.05) is 0 Å². The molecule has 20 heavy (non-hydrogen) atoms. The van der Waals surface area contributed by atoms with Crippen LogP contribution in [0.5, 0.6) is 0 Å². The van der Waals surface area contributed by atoms with Gasteiger partial charge in [-0.05, 0) is 25.9 Å². The number of hydrogen-bond donors (Lipinski definition) is 3. The highest BCUT2D eigenvalue weighted by Crippen LogP contribution is 2.15. The predicted octanol–water partition coefficient (Wildman–Crippen LogP) is -1.32. The Hall–Kier alpha value is -1.83. The summed E-state index contributed by atoms with van der Waals surface area (Å²) in [5, 5.41) is 14.8. The first kappa shape index (κ1) is 14.6. The minimum Gasteiger partial charge on any atom is -0.480 e. The number of carboxylic acid groups (broad SMARTS) is 1. The largest absolute Gasteiger partial charge is 0.480 e. The summed E-state index contributed by atoms with van der Waals surface area (Å²) in [4.78, 5) is 37.8. The standard InChI is InChI=1S/C12H20N4O4/c1-15(8-2-4-13-5-3-8)12(20)16-7-10(17)14-6-9(16)11(18)19/h8-9,13H,2-7H2,1H3,(H,14,17)(H,18,19). The van der Waals surface area contributed by atoms with Crippen molar-refractivity contribution < 1.29 is 19.5 Å². The molecule has 0 radical (unpaired) electrons. The van der Waals surface area contributed by atoms with Crippen LogP contribution < -0.4 is 10.6 Å². The molecule has 8 heteroatoms. The van der Waals surface area contributed by atoms with Gasteiger partial charge in [0.05, 0.1) is 0 Å². The van der Waals surface area contributed by atoms with Crippen molar-refractivity contribution >= 4 is 17.9 Å². The first-order chi connectivity index (χ1) is 9.50. The molecule has 0 aromatic heterocycles. The molecule has 0 aromatic carbocycles. The molecule has 0 spiro atoms. The second kappa shape index (κ2) is 6.08. The molecule has 2 heterocycles. The normalized spacial score (nSPS) is 24.1. The number of piperidine rings is 1. The minimum absolute atomic E-state index is 0.0417. The quantitative estimate of drug-likeness (QED) is 0.583. The van der Waals surface area contributed by atoms with Gasteiger partial charge in [-0.25, -0.2) is 9.59 Å². The molecular formula is C12H20N4O4. The van der Waals surface area contributed by atoms with Gasteiger partial charge in [-0.3, -0.25) is 9.69 Å². The first-order valence-electron chi connectivity index (χ1n) is 6.74. The molecule has 3 amide bonds. The van der Waals surface area contributed by atoms with Gasteiger partial charge >= 0.3 is 12.0 Å². The third-order valence-corrected chi connectivity index (χ3v) is 3.87. The van der Waals surface area contributed by atoms with Gasteiger partial charge in [-0.1, -0.05) is 0 Å². The van der Waals surface area contributed by atoms with Crippen molar-refractivity contribution in [1.82, 2.24) is 20.4 Å². The number of amides is 3. The smallest absolute Gasteiger partial charge is 0.328 e. The van der Waals surface area contributed by atoms with Gasteiger partial charge in [-0.2, -0.15) is 0 Å². The summed E-state index contributed by atoms with van der Waals surface area (Å²) in [7, 11) is 1.67. The van der Waals surface area contributed by atoms with Gasteiger partial charge in [0, 0.05) is 19.6 Å². The van der Waals surface area contributed by atoms with Crippen molar-refractivity contribution in [2.75, 3.05) is 33.2 Å². The van der Waals surface area contributed by atoms with Crippen LogP contribution in [0.4, 0.5) is 4.79 Å². The maximum atomic E-state index is 12.4. The van der Waals surface area contributed by atoms with E-state index >= 15 is 0 Å². The molecule has 0 aromatic rings. The van der Waals surface area contributed by atoms with E-state index in [-0.39, 0.29) is 31.1 Å². The lowest BCUT2D eigenvalue weighted by Gasteiger charge is -2.39. The van der Waals surface area contributed by atoms with E-state index < -0.39 is 12.0 Å². The zero-order valence-electron chi connectivity index (χ0n) is 11.5. The number of carboxylic acids is 1. The Morgan fingerprint density at radius 2 is 2.00 bits per heavy atom. The Morgan fingerprint density at radius 1 is 1.35 bits per heavy atom. The minimum atomic E-state index is -1.10. The Labute approximate surface area is 117 Å². The number of urea groups is 1. The van der Waals surface area contributed by atoms with Crippen LogP contribution in [-0.4, -0.2) is 78.1 Å². The highest BCUT2D eigenvalue weighted by atomic mass is 16.4. The van der Waals surface area contributed by atoms with Crippen LogP contribution in [0.2, 0.25) is 0 Å². The lowest BCUT2D eigenvalue weighted by atomic mass is 10.1. The molecule has 2 aliphatic rings. The predicted molar refractivity (Wildman–Crippen MR) is 70.2 cm³/mol. The lowest BCUT2D eigenvalue weighted by molar-refractivity contribution is -0.144. The average molecular weight is 284 g/mol. The summed E-state index contributed by atoms with van der Waals surface area (Å²) >= 11 is 0. The van der Waals surface area contributed by atoms with Crippen molar-refractivity contribution in [1.29, 1.82) is 0 Å². The van der Waals surface area contributed by atoms with Crippen molar-refractivity contribution in [2.24, 2.45) is 0 Å². The van der Waals surface area contributed by atoms with Gasteiger partial charge < -0.3 is 20.6 Å². The molecule has 112 valence electrons. The number of nitrogens with zero attached hydrogens (tertiary/aromatic N) is 2. The van der Waals surface area contributed by atoms with Crippen molar-refractivity contribution in [3.8, 4) is 0 Å². The van der Waals surface area contributed by atoms with Gasteiger partial charge in [0.1, 0.15) is 12.6 Å². The first-order valence-corrected chi connectivity index (χ1v) is 6.74. The van der Waals surface area contributed by atoms with Crippen LogP contribution in [0.1, 0.15) is 12.8 Å². The fourth-order valence-corrected chi connectivity index (χ4v) is 2.62. The van der Waals surface area contributed by atoms with Gasteiger partial charge in [-0.15, -0.1) is 0 Å². The van der Waals surface area contributed by atoms with E-state index in [9.17, 15) is 14.4 Å². The number of piperazine rings is 1. The molecule has 2 rings (SSSR count). The van der Waals surface area contributed by atoms with E-state index in [1.165, 1.54) is 0 Å². The monoisotopic (exact) mass is 284 g/mol. The summed E-state index contributed by atoms with van der Waals surface area (Å²) in [5.41, 5.74) is 0. The molecule has 1 unspecified atom stereocenters. The Kier molecular flexibility index (Phi) is 4.43. The van der Waals surface area contributed by atoms with E-state index in [0.717, 1.165) is 30.8 Å². The Bertz CT molecular complexity index is 408. The molecule has 2 aliphatic heterocycles. The molecule has 0 saturated carbocycles. The average Bonchev–Trinajstić information content (AvgIpc) is 2.46. The van der Waals surface area contributed by atoms with Crippen LogP contribution >= 0.6 is 0 Å². The number of carbonyl (C=O) groups is 3. The zero-order chi connectivity index (χ0) is 14.7. The summed E-state index contributed by atoms with van der Waals surface area (Å²) in [6.07, 6.45) is 1.67. The SMILES string of the molecule is CN(C(=O)N1CC(=O)NCC1C(=O)O)C1CCNCC1. The van der Waals surface area contributed by atoms with Crippen molar-refractivity contribution in [3.63, 3.8) is 0 Å². The molecule has 8 nitrogen and oxygen atoms in total. The van der Waals surface area contributed by atoms with Crippen LogP contribution in [0, 0.1) is 0 Å². The van der Waals surface area contributed by atoms with E-state index in [4.69, 9.17) is 5.11 Å². The maximum absolute atomic E-state index is 12.4. The van der Waals surface area contributed by atoms with Crippen LogP contribution in [0.15, 0.2) is 0 Å². The Balaban J connectivity index is 2.07. The van der Waals surface area contributed by atoms with Gasteiger partial charge in [0.25, 0.3) is 0 Å². The summed E-state index contributed by atoms with van der Waals surface area (Å²) in [6, 6.07) is -1.30. The van der Waals surface area contributed by atoms with Crippen LogP contribution in [0.3, 0.4) is 0 Å². The maximum Gasteiger partial charge on any atom is 0.328 e. The number of aliphatic carboxylic acids is 1. The number of hydrogen-bond acceptors (Lipinski definition) is 4. The van der Waals surface area contributed by atoms with Crippen molar-refractivity contribution in [3.05, 3.63) is 0 Å². The summed E-state index contributed by atoms with van der Waals surface area (Å²) < 4.78 is 0. The third kappa shape index (κ3) is 3.01. The second-order valence-electron chi connectivity index (χ2n) is 5.16. The second-order valence-corrected chi connectivity index (χ2v) is 5.16. The highest BCUT2D eigenvalue weighted by molar-refractivity contribution is 5.90. The molecule has 1 atom stereocenters. The Morgan fingerprint density at radius 3 is 2.60 bits per heavy atom. The van der Waals surface area contributed by atoms with Crippen LogP contribution in [0.25, 0.3) is 0 Å². The molecule has 2 saturated heterocycles. The lowest BCUT2D eigenvalue weighted by Crippen LogP contribution is -2.62. The fraction of sp³-hybridized carbons (Fsp3) is 0.750. The van der Waals surface area contributed by atoms with E-state index in [2.05, 4.69) is 10.6 Å². The summed E-state index contributed by atoms with van der Waals surface area (Å²) in [5.74, 6) is -1.42. The van der Waals surface area contributed by atoms with Gasteiger partial charge in [0.15, 0.2) is 0 Å². The van der Waals surface area contributed by atoms with Gasteiger partial charge in [0.2, 0.25) is 5.91 Å². The molecule has 0 aliphatic carbocycles. The number of rotatable bonds is 2. The summed E-state index contributed by atoms with van der Waals surface area (Å²) in [6.45, 7) is 1.43. The van der Waals surface area contributed by atoms with Crippen molar-refractivity contribution in [2.45, 2.75) is 24.9 Å².